The van der Waals surface area contributed by atoms with Crippen molar-refractivity contribution in [3.05, 3.63) is 59.9 Å². The monoisotopic (exact) mass is 380 g/mol. The number of ether oxygens (including phenoxy) is 1. The first kappa shape index (κ1) is 19.9. The van der Waals surface area contributed by atoms with Crippen LogP contribution in [0.25, 0.3) is 0 Å². The molecule has 0 radical (unpaired) electrons. The number of carbonyl (C=O) groups is 1. The van der Waals surface area contributed by atoms with E-state index in [1.54, 1.807) is 0 Å². The number of sulfonamides is 1. The first-order chi connectivity index (χ1) is 12.4. The SMILES string of the molecule is CCOCCCNC(=O)c1cccc(S(=O)(=O)Nc2ccc(F)cc2)c1. The zero-order valence-electron chi connectivity index (χ0n) is 14.4. The maximum atomic E-state index is 12.9. The summed E-state index contributed by atoms with van der Waals surface area (Å²) in [6.07, 6.45) is 0.670. The molecule has 0 unspecified atom stereocenters. The maximum Gasteiger partial charge on any atom is 0.261 e. The van der Waals surface area contributed by atoms with Gasteiger partial charge in [-0.1, -0.05) is 6.07 Å². The van der Waals surface area contributed by atoms with Gasteiger partial charge in [-0.3, -0.25) is 9.52 Å². The standard InChI is InChI=1S/C18H21FN2O4S/c1-2-25-12-4-11-20-18(22)14-5-3-6-17(13-14)26(23,24)21-16-9-7-15(19)8-10-16/h3,5-10,13,21H,2,4,11-12H2,1H3,(H,20,22). The number of carbonyl (C=O) groups excluding carboxylic acids is 1. The van der Waals surface area contributed by atoms with Gasteiger partial charge in [-0.2, -0.15) is 0 Å². The van der Waals surface area contributed by atoms with Gasteiger partial charge in [-0.05, 0) is 55.8 Å². The van der Waals surface area contributed by atoms with Crippen molar-refractivity contribution in [1.29, 1.82) is 0 Å². The molecular weight excluding hydrogens is 359 g/mol. The fourth-order valence-electron chi connectivity index (χ4n) is 2.16. The highest BCUT2D eigenvalue weighted by atomic mass is 32.2. The predicted molar refractivity (Wildman–Crippen MR) is 97.1 cm³/mol. The van der Waals surface area contributed by atoms with Crippen molar-refractivity contribution in [2.24, 2.45) is 0 Å². The summed E-state index contributed by atoms with van der Waals surface area (Å²) in [7, 11) is -3.89. The van der Waals surface area contributed by atoms with E-state index in [2.05, 4.69) is 10.0 Å². The highest BCUT2D eigenvalue weighted by Crippen LogP contribution is 2.17. The number of nitrogens with one attached hydrogen (secondary N) is 2. The van der Waals surface area contributed by atoms with Crippen LogP contribution in [0.4, 0.5) is 10.1 Å². The molecule has 140 valence electrons. The van der Waals surface area contributed by atoms with Gasteiger partial charge in [0.2, 0.25) is 0 Å². The van der Waals surface area contributed by atoms with Crippen LogP contribution in [0, 0.1) is 5.82 Å². The molecule has 0 saturated carbocycles. The number of benzene rings is 2. The molecule has 0 aromatic heterocycles. The van der Waals surface area contributed by atoms with Gasteiger partial charge in [0.1, 0.15) is 5.82 Å². The number of amides is 1. The highest BCUT2D eigenvalue weighted by Gasteiger charge is 2.16. The van der Waals surface area contributed by atoms with Crippen LogP contribution in [-0.4, -0.2) is 34.1 Å². The molecule has 0 fully saturated rings. The van der Waals surface area contributed by atoms with Gasteiger partial charge in [0.05, 0.1) is 4.90 Å². The van der Waals surface area contributed by atoms with Gasteiger partial charge >= 0.3 is 0 Å². The van der Waals surface area contributed by atoms with Crippen LogP contribution in [0.3, 0.4) is 0 Å². The zero-order valence-corrected chi connectivity index (χ0v) is 15.2. The summed E-state index contributed by atoms with van der Waals surface area (Å²) in [6, 6.07) is 10.7. The van der Waals surface area contributed by atoms with Crippen LogP contribution < -0.4 is 10.0 Å². The van der Waals surface area contributed by atoms with Gasteiger partial charge in [0, 0.05) is 31.0 Å². The second kappa shape index (κ2) is 9.30. The summed E-state index contributed by atoms with van der Waals surface area (Å²) in [5.74, 6) is -0.823. The molecule has 1 amide bonds. The van der Waals surface area contributed by atoms with E-state index in [-0.39, 0.29) is 22.1 Å². The van der Waals surface area contributed by atoms with Gasteiger partial charge in [-0.15, -0.1) is 0 Å². The van der Waals surface area contributed by atoms with E-state index < -0.39 is 15.8 Å². The van der Waals surface area contributed by atoms with Crippen molar-refractivity contribution in [3.8, 4) is 0 Å². The molecule has 0 aliphatic carbocycles. The van der Waals surface area contributed by atoms with E-state index in [1.807, 2.05) is 6.92 Å². The van der Waals surface area contributed by atoms with Crippen molar-refractivity contribution >= 4 is 21.6 Å². The first-order valence-electron chi connectivity index (χ1n) is 8.17. The third-order valence-corrected chi connectivity index (χ3v) is 4.84. The maximum absolute atomic E-state index is 12.9. The van der Waals surface area contributed by atoms with E-state index in [4.69, 9.17) is 4.74 Å². The van der Waals surface area contributed by atoms with Crippen molar-refractivity contribution in [3.63, 3.8) is 0 Å². The molecule has 26 heavy (non-hydrogen) atoms. The smallest absolute Gasteiger partial charge is 0.261 e. The molecular formula is C18H21FN2O4S. The molecule has 6 nitrogen and oxygen atoms in total. The quantitative estimate of drug-likeness (QED) is 0.655. The Bertz CT molecular complexity index is 839. The average molecular weight is 380 g/mol. The molecule has 0 aliphatic heterocycles. The topological polar surface area (TPSA) is 84.5 Å². The molecule has 2 N–H and O–H groups in total. The van der Waals surface area contributed by atoms with Crippen LogP contribution in [-0.2, 0) is 14.8 Å². The molecule has 0 heterocycles. The number of hydrogen-bond acceptors (Lipinski definition) is 4. The molecule has 2 aromatic carbocycles. The third kappa shape index (κ3) is 5.82. The van der Waals surface area contributed by atoms with Crippen LogP contribution in [0.15, 0.2) is 53.4 Å². The number of rotatable bonds is 9. The van der Waals surface area contributed by atoms with E-state index in [0.29, 0.717) is 26.2 Å². The van der Waals surface area contributed by atoms with Gasteiger partial charge in [0.25, 0.3) is 15.9 Å². The summed E-state index contributed by atoms with van der Waals surface area (Å²) in [5, 5.41) is 2.72. The summed E-state index contributed by atoms with van der Waals surface area (Å²) in [5.41, 5.74) is 0.473. The lowest BCUT2D eigenvalue weighted by Crippen LogP contribution is -2.25. The minimum Gasteiger partial charge on any atom is -0.382 e. The van der Waals surface area contributed by atoms with Crippen molar-refractivity contribution in [2.45, 2.75) is 18.2 Å². The second-order valence-corrected chi connectivity index (χ2v) is 7.13. The van der Waals surface area contributed by atoms with Crippen LogP contribution in [0.5, 0.6) is 0 Å². The largest absolute Gasteiger partial charge is 0.382 e. The van der Waals surface area contributed by atoms with E-state index in [9.17, 15) is 17.6 Å². The molecule has 0 saturated heterocycles. The molecule has 2 aromatic rings. The lowest BCUT2D eigenvalue weighted by Gasteiger charge is -2.10. The molecule has 0 spiro atoms. The number of anilines is 1. The Balaban J connectivity index is 2.04. The molecule has 2 rings (SSSR count). The lowest BCUT2D eigenvalue weighted by molar-refractivity contribution is 0.0944. The summed E-state index contributed by atoms with van der Waals surface area (Å²) >= 11 is 0. The molecule has 8 heteroatoms. The van der Waals surface area contributed by atoms with E-state index in [0.717, 1.165) is 12.1 Å². The van der Waals surface area contributed by atoms with E-state index in [1.165, 1.54) is 36.4 Å². The minimum atomic E-state index is -3.89. The number of halogens is 1. The Kier molecular flexibility index (Phi) is 7.11. The molecule has 0 atom stereocenters. The van der Waals surface area contributed by atoms with E-state index >= 15 is 0 Å². The Morgan fingerprint density at radius 2 is 1.88 bits per heavy atom. The summed E-state index contributed by atoms with van der Waals surface area (Å²) in [6.45, 7) is 3.50. The van der Waals surface area contributed by atoms with Gasteiger partial charge in [0.15, 0.2) is 0 Å². The Labute approximate surface area is 152 Å². The van der Waals surface area contributed by atoms with Crippen molar-refractivity contribution in [2.75, 3.05) is 24.5 Å². The Morgan fingerprint density at radius 3 is 2.58 bits per heavy atom. The highest BCUT2D eigenvalue weighted by molar-refractivity contribution is 7.92. The fraction of sp³-hybridized carbons (Fsp3) is 0.278. The normalized spacial score (nSPS) is 11.2. The zero-order chi connectivity index (χ0) is 19.0. The Morgan fingerprint density at radius 1 is 1.15 bits per heavy atom. The average Bonchev–Trinajstić information content (AvgIpc) is 2.63. The van der Waals surface area contributed by atoms with Crippen LogP contribution in [0.1, 0.15) is 23.7 Å². The van der Waals surface area contributed by atoms with Crippen molar-refractivity contribution < 1.29 is 22.3 Å². The summed E-state index contributed by atoms with van der Waals surface area (Å²) in [4.78, 5) is 12.1. The fourth-order valence-corrected chi connectivity index (χ4v) is 3.26. The summed E-state index contributed by atoms with van der Waals surface area (Å²) < 4.78 is 45.3. The van der Waals surface area contributed by atoms with Gasteiger partial charge in [-0.25, -0.2) is 12.8 Å². The number of hydrogen-bond donors (Lipinski definition) is 2. The molecule has 0 aliphatic rings. The molecule has 0 bridgehead atoms. The third-order valence-electron chi connectivity index (χ3n) is 3.46. The van der Waals surface area contributed by atoms with Crippen LogP contribution >= 0.6 is 0 Å². The van der Waals surface area contributed by atoms with Gasteiger partial charge < -0.3 is 10.1 Å². The van der Waals surface area contributed by atoms with Crippen LogP contribution in [0.2, 0.25) is 0 Å². The van der Waals surface area contributed by atoms with Crippen molar-refractivity contribution in [1.82, 2.24) is 5.32 Å². The Hall–Kier alpha value is -2.45. The minimum absolute atomic E-state index is 0.0520. The first-order valence-corrected chi connectivity index (χ1v) is 9.65. The second-order valence-electron chi connectivity index (χ2n) is 5.45. The predicted octanol–water partition coefficient (Wildman–Crippen LogP) is 2.78. The lowest BCUT2D eigenvalue weighted by atomic mass is 10.2.